The molecule has 2 nitrogen and oxygen atoms in total. The molecule has 0 radical (unpaired) electrons. The van der Waals surface area contributed by atoms with Crippen LogP contribution in [0.5, 0.6) is 0 Å². The summed E-state index contributed by atoms with van der Waals surface area (Å²) >= 11 is 0. The summed E-state index contributed by atoms with van der Waals surface area (Å²) in [7, 11) is 0. The molecule has 0 unspecified atom stereocenters. The summed E-state index contributed by atoms with van der Waals surface area (Å²) in [5, 5.41) is 2.68. The molecule has 1 aromatic heterocycles. The molecule has 9 aromatic carbocycles. The van der Waals surface area contributed by atoms with E-state index in [0.717, 1.165) is 66.5 Å². The number of aromatic nitrogens is 1. The standard InChI is InChI=1S/C56H35NO/c58-55-45-26-8-7-21-40(45)47-34-39(37-19-5-2-6-20-37)35-48-44-25-12-16-30-52(44)56(49-27-13-9-22-41(49)42-23-10-14-28-50(42)56)51-29-15-11-24-43(51)46-33-38(36-17-3-1-4-18-36)31-32-53(46)57(55)54(47)48/h1-35H. The maximum absolute atomic E-state index is 15.5. The van der Waals surface area contributed by atoms with Crippen LogP contribution in [0.3, 0.4) is 0 Å². The average molecular weight is 738 g/mol. The van der Waals surface area contributed by atoms with Crippen molar-refractivity contribution in [1.82, 2.24) is 4.57 Å². The van der Waals surface area contributed by atoms with Crippen LogP contribution in [0.4, 0.5) is 0 Å². The van der Waals surface area contributed by atoms with Gasteiger partial charge in [0.05, 0.1) is 16.6 Å². The Hall–Kier alpha value is -7.55. The second-order valence-electron chi connectivity index (χ2n) is 15.5. The molecule has 1 aliphatic carbocycles. The van der Waals surface area contributed by atoms with Gasteiger partial charge < -0.3 is 0 Å². The average Bonchev–Trinajstić information content (AvgIpc) is 3.60. The van der Waals surface area contributed by atoms with Gasteiger partial charge in [-0.1, -0.05) is 182 Å². The van der Waals surface area contributed by atoms with Crippen LogP contribution in [0.15, 0.2) is 217 Å². The maximum atomic E-state index is 15.5. The Balaban J connectivity index is 1.37. The van der Waals surface area contributed by atoms with Gasteiger partial charge in [0, 0.05) is 21.9 Å². The zero-order valence-electron chi connectivity index (χ0n) is 31.6. The normalized spacial score (nSPS) is 13.0. The molecule has 12 rings (SSSR count). The van der Waals surface area contributed by atoms with Crippen LogP contribution in [0.2, 0.25) is 0 Å². The van der Waals surface area contributed by atoms with E-state index in [9.17, 15) is 0 Å². The molecule has 0 atom stereocenters. The number of benzene rings is 9. The molecule has 0 saturated heterocycles. The minimum atomic E-state index is -0.700. The second kappa shape index (κ2) is 12.5. The topological polar surface area (TPSA) is 22.0 Å². The van der Waals surface area contributed by atoms with E-state index in [1.165, 1.54) is 33.4 Å². The summed E-state index contributed by atoms with van der Waals surface area (Å²) in [5.41, 5.74) is 17.0. The molecule has 0 saturated carbocycles. The van der Waals surface area contributed by atoms with Crippen molar-refractivity contribution in [3.63, 3.8) is 0 Å². The first kappa shape index (κ1) is 32.7. The lowest BCUT2D eigenvalue weighted by Gasteiger charge is -2.38. The quantitative estimate of drug-likeness (QED) is 0.162. The summed E-state index contributed by atoms with van der Waals surface area (Å²) in [6.45, 7) is 0. The van der Waals surface area contributed by atoms with E-state index in [-0.39, 0.29) is 5.56 Å². The molecular weight excluding hydrogens is 703 g/mol. The molecule has 0 amide bonds. The molecule has 1 spiro atoms. The zero-order chi connectivity index (χ0) is 38.4. The first-order valence-corrected chi connectivity index (χ1v) is 20.0. The molecule has 2 aliphatic rings. The van der Waals surface area contributed by atoms with E-state index >= 15 is 4.79 Å². The third-order valence-electron chi connectivity index (χ3n) is 12.6. The van der Waals surface area contributed by atoms with Crippen molar-refractivity contribution in [1.29, 1.82) is 0 Å². The van der Waals surface area contributed by atoms with Crippen LogP contribution in [0, 0.1) is 0 Å². The summed E-state index contributed by atoms with van der Waals surface area (Å²) in [4.78, 5) is 15.5. The van der Waals surface area contributed by atoms with Crippen LogP contribution in [0.1, 0.15) is 22.3 Å². The van der Waals surface area contributed by atoms with E-state index in [1.807, 2.05) is 16.7 Å². The number of nitrogens with zero attached hydrogens (tertiary/aromatic N) is 1. The Kier molecular flexibility index (Phi) is 7.03. The van der Waals surface area contributed by atoms with Crippen LogP contribution in [-0.2, 0) is 5.41 Å². The highest BCUT2D eigenvalue weighted by Gasteiger charge is 2.48. The third kappa shape index (κ3) is 4.46. The minimum absolute atomic E-state index is 0.0349. The van der Waals surface area contributed by atoms with E-state index < -0.39 is 5.41 Å². The summed E-state index contributed by atoms with van der Waals surface area (Å²) in [5.74, 6) is 0. The van der Waals surface area contributed by atoms with Gasteiger partial charge in [0.25, 0.3) is 5.56 Å². The van der Waals surface area contributed by atoms with Crippen LogP contribution >= 0.6 is 0 Å². The highest BCUT2D eigenvalue weighted by molar-refractivity contribution is 6.13. The molecule has 1 aliphatic heterocycles. The number of hydrogen-bond donors (Lipinski definition) is 0. The monoisotopic (exact) mass is 737 g/mol. The molecule has 0 fully saturated rings. The van der Waals surface area contributed by atoms with Crippen molar-refractivity contribution in [2.24, 2.45) is 0 Å². The summed E-state index contributed by atoms with van der Waals surface area (Å²) in [6, 6.07) is 76.4. The number of rotatable bonds is 2. The van der Waals surface area contributed by atoms with Crippen molar-refractivity contribution >= 4 is 21.7 Å². The summed E-state index contributed by atoms with van der Waals surface area (Å²) in [6.07, 6.45) is 0. The van der Waals surface area contributed by atoms with E-state index in [4.69, 9.17) is 0 Å². The molecule has 2 heteroatoms. The highest BCUT2D eigenvalue weighted by atomic mass is 16.1. The largest absolute Gasteiger partial charge is 0.275 e. The minimum Gasteiger partial charge on any atom is -0.275 e. The van der Waals surface area contributed by atoms with E-state index in [0.29, 0.717) is 5.39 Å². The number of pyridine rings is 1. The first-order valence-electron chi connectivity index (χ1n) is 20.0. The first-order chi connectivity index (χ1) is 28.7. The Morgan fingerprint density at radius 2 is 0.741 bits per heavy atom. The van der Waals surface area contributed by atoms with Gasteiger partial charge in [0.15, 0.2) is 0 Å². The smallest absolute Gasteiger partial charge is 0.263 e. The van der Waals surface area contributed by atoms with Crippen molar-refractivity contribution in [3.05, 3.63) is 245 Å². The van der Waals surface area contributed by atoms with Gasteiger partial charge in [-0.3, -0.25) is 9.36 Å². The summed E-state index contributed by atoms with van der Waals surface area (Å²) < 4.78 is 2.02. The third-order valence-corrected chi connectivity index (χ3v) is 12.6. The van der Waals surface area contributed by atoms with Gasteiger partial charge in [-0.25, -0.2) is 0 Å². The predicted octanol–water partition coefficient (Wildman–Crippen LogP) is 13.5. The molecule has 2 heterocycles. The fraction of sp³-hybridized carbons (Fsp3) is 0.0179. The lowest BCUT2D eigenvalue weighted by atomic mass is 9.64. The van der Waals surface area contributed by atoms with Crippen LogP contribution in [0.25, 0.3) is 83.0 Å². The Morgan fingerprint density at radius 1 is 0.310 bits per heavy atom. The van der Waals surface area contributed by atoms with Crippen LogP contribution in [-0.4, -0.2) is 4.57 Å². The zero-order valence-corrected chi connectivity index (χ0v) is 31.6. The maximum Gasteiger partial charge on any atom is 0.263 e. The van der Waals surface area contributed by atoms with Crippen LogP contribution < -0.4 is 5.56 Å². The fourth-order valence-corrected chi connectivity index (χ4v) is 10.2. The lowest BCUT2D eigenvalue weighted by molar-refractivity contribution is 0.772. The van der Waals surface area contributed by atoms with Crippen molar-refractivity contribution in [2.75, 3.05) is 0 Å². The molecular formula is C56H35NO. The highest BCUT2D eigenvalue weighted by Crippen LogP contribution is 2.60. The molecule has 0 bridgehead atoms. The fourth-order valence-electron chi connectivity index (χ4n) is 10.2. The van der Waals surface area contributed by atoms with Crippen molar-refractivity contribution < 1.29 is 0 Å². The van der Waals surface area contributed by atoms with Gasteiger partial charge in [-0.2, -0.15) is 0 Å². The predicted molar refractivity (Wildman–Crippen MR) is 240 cm³/mol. The Bertz CT molecular complexity index is 3310. The number of fused-ring (bicyclic) bond motifs is 15. The van der Waals surface area contributed by atoms with Crippen molar-refractivity contribution in [2.45, 2.75) is 5.41 Å². The van der Waals surface area contributed by atoms with E-state index in [1.54, 1.807) is 0 Å². The molecule has 58 heavy (non-hydrogen) atoms. The number of hydrogen-bond acceptors (Lipinski definition) is 1. The SMILES string of the molecule is O=c1c2ccccc2c2cc(-c3ccccc3)cc3c2n1-c1ccc(-c2ccccc2)cc1-c1ccccc1C1(c2ccccc2-c2ccccc21)c1ccccc1-3. The van der Waals surface area contributed by atoms with Gasteiger partial charge in [0.1, 0.15) is 0 Å². The van der Waals surface area contributed by atoms with E-state index in [2.05, 4.69) is 200 Å². The Morgan fingerprint density at radius 3 is 1.31 bits per heavy atom. The Labute approximate surface area is 336 Å². The second-order valence-corrected chi connectivity index (χ2v) is 15.5. The van der Waals surface area contributed by atoms with Crippen molar-refractivity contribution in [3.8, 4) is 61.3 Å². The van der Waals surface area contributed by atoms with Gasteiger partial charge in [0.2, 0.25) is 0 Å². The van der Waals surface area contributed by atoms with Gasteiger partial charge in [-0.05, 0) is 102 Å². The lowest BCUT2D eigenvalue weighted by Crippen LogP contribution is -2.31. The van der Waals surface area contributed by atoms with Gasteiger partial charge >= 0.3 is 0 Å². The molecule has 270 valence electrons. The van der Waals surface area contributed by atoms with Gasteiger partial charge in [-0.15, -0.1) is 0 Å². The molecule has 10 aromatic rings. The molecule has 0 N–H and O–H groups in total.